The van der Waals surface area contributed by atoms with Crippen molar-refractivity contribution in [2.75, 3.05) is 76.1 Å². The molecule has 0 radical (unpaired) electrons. The number of hydrogen-bond acceptors (Lipinski definition) is 9. The van der Waals surface area contributed by atoms with E-state index < -0.39 is 6.04 Å². The number of nitrogens with one attached hydrogen (secondary N) is 3. The summed E-state index contributed by atoms with van der Waals surface area (Å²) in [5.41, 5.74) is 8.14. The van der Waals surface area contributed by atoms with Gasteiger partial charge in [0.15, 0.2) is 0 Å². The molecule has 2 atom stereocenters. The number of hydrogen-bond donors (Lipinski definition) is 4. The van der Waals surface area contributed by atoms with Crippen LogP contribution in [0.5, 0.6) is 0 Å². The molecule has 14 nitrogen and oxygen atoms in total. The third kappa shape index (κ3) is 18.8. The number of amides is 5. The molecule has 8 rings (SSSR count). The molecule has 2 aliphatic heterocycles. The molecule has 6 aromatic carbocycles. The van der Waals surface area contributed by atoms with Gasteiger partial charge < -0.3 is 40.7 Å². The first kappa shape index (κ1) is 59.7. The number of nitrogens with zero attached hydrogens (tertiary/aromatic N) is 6. The van der Waals surface area contributed by atoms with Crippen LogP contribution in [-0.2, 0) is 27.2 Å². The number of carbonyl (C=O) groups is 4. The summed E-state index contributed by atoms with van der Waals surface area (Å²) in [4.78, 5) is 60.0. The van der Waals surface area contributed by atoms with E-state index in [0.717, 1.165) is 59.6 Å². The van der Waals surface area contributed by atoms with Crippen LogP contribution in [-0.4, -0.2) is 126 Å². The van der Waals surface area contributed by atoms with Gasteiger partial charge in [0.1, 0.15) is 12.6 Å². The lowest BCUT2D eigenvalue weighted by atomic mass is 10.0. The van der Waals surface area contributed by atoms with E-state index in [9.17, 15) is 29.5 Å². The van der Waals surface area contributed by atoms with E-state index in [1.54, 1.807) is 60.4 Å². The molecule has 0 saturated carbocycles. The van der Waals surface area contributed by atoms with Gasteiger partial charge in [0, 0.05) is 83.7 Å². The predicted octanol–water partition coefficient (Wildman–Crippen LogP) is 11.2. The lowest BCUT2D eigenvalue weighted by Gasteiger charge is -2.29. The van der Waals surface area contributed by atoms with Gasteiger partial charge in [-0.05, 0) is 146 Å². The molecule has 2 fully saturated rings. The van der Waals surface area contributed by atoms with Crippen LogP contribution < -0.4 is 16.0 Å². The number of aliphatic hydroxyl groups is 1. The molecule has 5 amide bonds. The molecule has 1 unspecified atom stereocenters. The maximum absolute atomic E-state index is 13.4. The first-order valence-electron chi connectivity index (χ1n) is 26.3. The van der Waals surface area contributed by atoms with Crippen molar-refractivity contribution in [1.82, 2.24) is 24.9 Å². The quantitative estimate of drug-likeness (QED) is 0.0577. The van der Waals surface area contributed by atoms with E-state index >= 15 is 0 Å². The number of halogens is 4. The first-order valence-corrected chi connectivity index (χ1v) is 27.8. The molecule has 4 N–H and O–H groups in total. The maximum Gasteiger partial charge on any atom is 0.317 e. The number of benzene rings is 6. The minimum atomic E-state index is -0.734. The zero-order chi connectivity index (χ0) is 56.3. The molecule has 410 valence electrons. The zero-order valence-electron chi connectivity index (χ0n) is 43.9. The third-order valence-corrected chi connectivity index (χ3v) is 14.6. The Labute approximate surface area is 482 Å². The highest BCUT2D eigenvalue weighted by Crippen LogP contribution is 2.26. The zero-order valence-corrected chi connectivity index (χ0v) is 47.0. The first-order chi connectivity index (χ1) is 38.1. The lowest BCUT2D eigenvalue weighted by molar-refractivity contribution is -0.138. The lowest BCUT2D eigenvalue weighted by Crippen LogP contribution is -2.47. The average Bonchev–Trinajstić information content (AvgIpc) is 4.14. The summed E-state index contributed by atoms with van der Waals surface area (Å²) in [6, 6.07) is 43.8. The summed E-state index contributed by atoms with van der Waals surface area (Å²) >= 11 is 24.3. The van der Waals surface area contributed by atoms with Crippen LogP contribution in [0.3, 0.4) is 0 Å². The fraction of sp³-hybridized carbons (Fsp3) is 0.311. The Kier molecular flexibility index (Phi) is 22.5. The molecule has 2 saturated heterocycles. The Morgan fingerprint density at radius 3 is 1.67 bits per heavy atom. The van der Waals surface area contributed by atoms with Crippen molar-refractivity contribution in [2.24, 2.45) is 0 Å². The molecule has 0 aliphatic carbocycles. The van der Waals surface area contributed by atoms with Gasteiger partial charge in [-0.1, -0.05) is 119 Å². The standard InChI is InChI=1S/C31H32Cl2N4O3.C30H31Cl2N5O2/c1-21(31(40)35-28-17-26(32)16-27(33)18-28)37(30(39)11-13-36-12-10-29(38)20-36)14-9-22-5-7-24(8-6-22)25-4-2-3-23(15-25)19-34;31-26-17-27(32)19-28(18-26)35-29(38)21-37(30(39)34-11-15-36-12-1-2-13-36)14-10-22-6-8-24(9-7-22)25-5-3-4-23(16-25)20-33/h2-8,15-18,21,29,38H,9-14,20H2,1H3,(H,35,40);3-9,16-19H,1-2,10-15,21H2,(H,34,39)(H,35,38)/t21?,29-;/m0./s1. The highest BCUT2D eigenvalue weighted by Gasteiger charge is 2.28. The summed E-state index contributed by atoms with van der Waals surface area (Å²) in [5, 5.41) is 38.4. The van der Waals surface area contributed by atoms with Gasteiger partial charge in [0.25, 0.3) is 0 Å². The molecule has 6 aromatic rings. The van der Waals surface area contributed by atoms with Gasteiger partial charge in [-0.15, -0.1) is 0 Å². The van der Waals surface area contributed by atoms with Crippen molar-refractivity contribution in [3.63, 3.8) is 0 Å². The Hall–Kier alpha value is -6.98. The summed E-state index contributed by atoms with van der Waals surface area (Å²) in [6.45, 7) is 7.59. The van der Waals surface area contributed by atoms with Crippen LogP contribution in [0, 0.1) is 22.7 Å². The van der Waals surface area contributed by atoms with Crippen LogP contribution in [0.15, 0.2) is 133 Å². The van der Waals surface area contributed by atoms with Gasteiger partial charge in [-0.25, -0.2) is 4.79 Å². The summed E-state index contributed by atoms with van der Waals surface area (Å²) in [7, 11) is 0. The van der Waals surface area contributed by atoms with Crippen LogP contribution in [0.25, 0.3) is 22.3 Å². The minimum absolute atomic E-state index is 0.112. The van der Waals surface area contributed by atoms with E-state index in [4.69, 9.17) is 51.7 Å². The number of β-amino-alcohol motifs (C(OH)–C–C–N with tert-alkyl or cyclic N) is 1. The van der Waals surface area contributed by atoms with Crippen LogP contribution in [0.2, 0.25) is 20.1 Å². The largest absolute Gasteiger partial charge is 0.392 e. The smallest absolute Gasteiger partial charge is 0.317 e. The molecule has 0 aromatic heterocycles. The van der Waals surface area contributed by atoms with Gasteiger partial charge >= 0.3 is 6.03 Å². The number of likely N-dealkylation sites (tertiary alicyclic amines) is 2. The number of urea groups is 1. The summed E-state index contributed by atoms with van der Waals surface area (Å²) in [5.74, 6) is -0.801. The minimum Gasteiger partial charge on any atom is -0.392 e. The van der Waals surface area contributed by atoms with Crippen LogP contribution in [0.1, 0.15) is 54.9 Å². The monoisotopic (exact) mass is 1140 g/mol. The van der Waals surface area contributed by atoms with Crippen LogP contribution in [0.4, 0.5) is 16.2 Å². The number of rotatable bonds is 20. The van der Waals surface area contributed by atoms with E-state index in [2.05, 4.69) is 37.9 Å². The second-order valence-corrected chi connectivity index (χ2v) is 21.3. The van der Waals surface area contributed by atoms with Gasteiger partial charge in [0.05, 0.1) is 29.4 Å². The highest BCUT2D eigenvalue weighted by molar-refractivity contribution is 6.35. The van der Waals surface area contributed by atoms with Gasteiger partial charge in [-0.3, -0.25) is 14.4 Å². The second kappa shape index (κ2) is 29.8. The summed E-state index contributed by atoms with van der Waals surface area (Å²) in [6.07, 6.45) is 4.12. The van der Waals surface area contributed by atoms with E-state index in [0.29, 0.717) is 94.6 Å². The average molecular weight is 1140 g/mol. The van der Waals surface area contributed by atoms with Crippen molar-refractivity contribution in [1.29, 1.82) is 10.5 Å². The number of carbonyl (C=O) groups excluding carboxylic acids is 4. The Bertz CT molecular complexity index is 3100. The maximum atomic E-state index is 13.4. The highest BCUT2D eigenvalue weighted by atomic mass is 35.5. The van der Waals surface area contributed by atoms with E-state index in [1.807, 2.05) is 84.9 Å². The van der Waals surface area contributed by atoms with Crippen molar-refractivity contribution in [3.05, 3.63) is 176 Å². The van der Waals surface area contributed by atoms with Gasteiger partial charge in [0.2, 0.25) is 17.7 Å². The fourth-order valence-electron chi connectivity index (χ4n) is 9.43. The van der Waals surface area contributed by atoms with E-state index in [-0.39, 0.29) is 42.8 Å². The van der Waals surface area contributed by atoms with Crippen molar-refractivity contribution in [2.45, 2.75) is 57.6 Å². The molecular weight excluding hydrogens is 1080 g/mol. The Morgan fingerprint density at radius 2 is 1.16 bits per heavy atom. The summed E-state index contributed by atoms with van der Waals surface area (Å²) < 4.78 is 0. The topological polar surface area (TPSA) is 185 Å². The molecule has 2 heterocycles. The molecule has 79 heavy (non-hydrogen) atoms. The Morgan fingerprint density at radius 1 is 0.646 bits per heavy atom. The number of anilines is 2. The molecule has 2 aliphatic rings. The van der Waals surface area contributed by atoms with Gasteiger partial charge in [-0.2, -0.15) is 10.5 Å². The number of aliphatic hydroxyl groups excluding tert-OH is 1. The van der Waals surface area contributed by atoms with Crippen molar-refractivity contribution in [3.8, 4) is 34.4 Å². The Balaban J connectivity index is 0.000000229. The normalized spacial score (nSPS) is 14.5. The number of nitriles is 2. The van der Waals surface area contributed by atoms with Crippen LogP contribution >= 0.6 is 46.4 Å². The predicted molar refractivity (Wildman–Crippen MR) is 314 cm³/mol. The second-order valence-electron chi connectivity index (χ2n) is 19.6. The third-order valence-electron chi connectivity index (χ3n) is 13.7. The van der Waals surface area contributed by atoms with E-state index in [1.165, 1.54) is 17.7 Å². The van der Waals surface area contributed by atoms with Crippen molar-refractivity contribution < 1.29 is 24.3 Å². The molecular formula is C61H63Cl4N9O5. The molecule has 0 bridgehead atoms. The SMILES string of the molecule is CC(C(=O)Nc1cc(Cl)cc(Cl)c1)N(CCc1ccc(-c2cccc(C#N)c2)cc1)C(=O)CCN1CC[C@H](O)C1.N#Cc1cccc(-c2ccc(CCN(CC(=O)Nc3cc(Cl)cc(Cl)c3)C(=O)NCCN3CCCC3)cc2)c1. The molecule has 0 spiro atoms. The fourth-order valence-corrected chi connectivity index (χ4v) is 10.5. The molecule has 18 heteroatoms. The van der Waals surface area contributed by atoms with Crippen molar-refractivity contribution >= 4 is 81.5 Å².